The lowest BCUT2D eigenvalue weighted by atomic mass is 10.1. The van der Waals surface area contributed by atoms with Gasteiger partial charge in [0.25, 0.3) is 5.91 Å². The maximum Gasteiger partial charge on any atom is 0.255 e. The molecule has 2 aromatic carbocycles. The molecule has 1 N–H and O–H groups in total. The Morgan fingerprint density at radius 3 is 2.33 bits per heavy atom. The molecule has 21 heavy (non-hydrogen) atoms. The fourth-order valence-electron chi connectivity index (χ4n) is 2.09. The van der Waals surface area contributed by atoms with Gasteiger partial charge in [-0.05, 0) is 24.3 Å². The van der Waals surface area contributed by atoms with Crippen molar-refractivity contribution in [3.63, 3.8) is 0 Å². The van der Waals surface area contributed by atoms with Gasteiger partial charge in [0.05, 0.1) is 31.9 Å². The van der Waals surface area contributed by atoms with Gasteiger partial charge in [0.1, 0.15) is 6.54 Å². The van der Waals surface area contributed by atoms with Crippen molar-refractivity contribution in [1.29, 1.82) is 0 Å². The lowest BCUT2D eigenvalue weighted by Gasteiger charge is -2.26. The molecule has 4 heteroatoms. The average Bonchev–Trinajstić information content (AvgIpc) is 2.42. The number of benzene rings is 2. The monoisotopic (exact) mass is 303 g/mol. The minimum Gasteiger partial charge on any atom is -0.327 e. The van der Waals surface area contributed by atoms with Gasteiger partial charge in [0, 0.05) is 11.1 Å². The normalized spacial score (nSPS) is 11.2. The molecule has 0 aliphatic rings. The Bertz CT molecular complexity index is 633. The number of hydrogen-bond acceptors (Lipinski definition) is 1. The quantitative estimate of drug-likeness (QED) is 0.855. The molecule has 0 heterocycles. The van der Waals surface area contributed by atoms with Gasteiger partial charge >= 0.3 is 0 Å². The van der Waals surface area contributed by atoms with E-state index in [0.717, 1.165) is 22.3 Å². The van der Waals surface area contributed by atoms with Crippen LogP contribution < -0.4 is 5.32 Å². The molecule has 0 fully saturated rings. The number of rotatable bonds is 4. The summed E-state index contributed by atoms with van der Waals surface area (Å²) in [4.78, 5) is 12.3. The zero-order valence-corrected chi connectivity index (χ0v) is 13.3. The van der Waals surface area contributed by atoms with Crippen molar-refractivity contribution < 1.29 is 9.28 Å². The highest BCUT2D eigenvalue weighted by Gasteiger charge is 2.17. The molecule has 0 saturated heterocycles. The molecule has 0 unspecified atom stereocenters. The van der Waals surface area contributed by atoms with Crippen LogP contribution in [0.4, 0.5) is 5.69 Å². The van der Waals surface area contributed by atoms with Gasteiger partial charge in [-0.3, -0.25) is 4.79 Å². The first kappa shape index (κ1) is 15.5. The van der Waals surface area contributed by atoms with Gasteiger partial charge in [0.15, 0.2) is 0 Å². The van der Waals surface area contributed by atoms with E-state index >= 15 is 0 Å². The maximum absolute atomic E-state index is 12.3. The number of anilines is 1. The first-order valence-corrected chi connectivity index (χ1v) is 7.19. The Hall–Kier alpha value is -1.84. The van der Waals surface area contributed by atoms with E-state index in [4.69, 9.17) is 11.6 Å². The number of hydrogen-bond donors (Lipinski definition) is 1. The number of halogens is 1. The van der Waals surface area contributed by atoms with Crippen LogP contribution in [0.1, 0.15) is 15.9 Å². The molecular formula is C17H20ClN2O+. The number of nitrogens with zero attached hydrogens (tertiary/aromatic N) is 1. The summed E-state index contributed by atoms with van der Waals surface area (Å²) in [6.45, 7) is 0.740. The molecule has 2 aromatic rings. The van der Waals surface area contributed by atoms with E-state index in [-0.39, 0.29) is 5.91 Å². The lowest BCUT2D eigenvalue weighted by molar-refractivity contribution is -0.883. The number of carbonyl (C=O) groups is 1. The summed E-state index contributed by atoms with van der Waals surface area (Å²) in [6.07, 6.45) is 0. The van der Waals surface area contributed by atoms with E-state index < -0.39 is 0 Å². The number of nitrogens with one attached hydrogen (secondary N) is 1. The Morgan fingerprint density at radius 2 is 1.71 bits per heavy atom. The van der Waals surface area contributed by atoms with E-state index in [9.17, 15) is 4.79 Å². The molecule has 0 aromatic heterocycles. The van der Waals surface area contributed by atoms with Gasteiger partial charge in [0.2, 0.25) is 0 Å². The summed E-state index contributed by atoms with van der Waals surface area (Å²) in [6, 6.07) is 14.8. The third-order valence-electron chi connectivity index (χ3n) is 3.04. The summed E-state index contributed by atoms with van der Waals surface area (Å²) in [5, 5.41) is 3.63. The Balaban J connectivity index is 2.28. The highest BCUT2D eigenvalue weighted by atomic mass is 35.5. The van der Waals surface area contributed by atoms with Gasteiger partial charge in [-0.1, -0.05) is 35.9 Å². The van der Waals surface area contributed by atoms with Gasteiger partial charge in [-0.15, -0.1) is 0 Å². The summed E-state index contributed by atoms with van der Waals surface area (Å²) >= 11 is 6.30. The second-order valence-corrected chi connectivity index (χ2v) is 6.44. The predicted octanol–water partition coefficient (Wildman–Crippen LogP) is 3.80. The molecule has 2 rings (SSSR count). The zero-order valence-electron chi connectivity index (χ0n) is 12.6. The van der Waals surface area contributed by atoms with E-state index in [1.165, 1.54) is 0 Å². The summed E-state index contributed by atoms with van der Waals surface area (Å²) in [7, 11) is 6.27. The van der Waals surface area contributed by atoms with Crippen LogP contribution in [-0.2, 0) is 6.54 Å². The number of amides is 1. The van der Waals surface area contributed by atoms with Gasteiger partial charge in [-0.25, -0.2) is 0 Å². The zero-order chi connectivity index (χ0) is 15.5. The highest BCUT2D eigenvalue weighted by molar-refractivity contribution is 6.31. The maximum atomic E-state index is 12.3. The lowest BCUT2D eigenvalue weighted by Crippen LogP contribution is -2.34. The molecule has 1 amide bonds. The van der Waals surface area contributed by atoms with Crippen molar-refractivity contribution in [3.05, 3.63) is 64.7 Å². The minimum atomic E-state index is -0.125. The molecular weight excluding hydrogens is 284 g/mol. The van der Waals surface area contributed by atoms with Crippen LogP contribution in [0.3, 0.4) is 0 Å². The topological polar surface area (TPSA) is 29.1 Å². The van der Waals surface area contributed by atoms with Gasteiger partial charge in [-0.2, -0.15) is 0 Å². The SMILES string of the molecule is C[N+](C)(C)Cc1c(Cl)cccc1NC(=O)c1ccccc1. The number of quaternary nitrogens is 1. The fourth-order valence-corrected chi connectivity index (χ4v) is 2.33. The van der Waals surface area contributed by atoms with Crippen LogP contribution in [0.2, 0.25) is 5.02 Å². The largest absolute Gasteiger partial charge is 0.327 e. The van der Waals surface area contributed by atoms with E-state index in [1.807, 2.05) is 36.4 Å². The standard InChI is InChI=1S/C17H19ClN2O/c1-20(2,3)12-14-15(18)10-7-11-16(14)19-17(21)13-8-5-4-6-9-13/h4-11H,12H2,1-3H3/p+1. The third-order valence-corrected chi connectivity index (χ3v) is 3.39. The molecule has 0 atom stereocenters. The number of carbonyl (C=O) groups excluding carboxylic acids is 1. The van der Waals surface area contributed by atoms with Crippen LogP contribution in [-0.4, -0.2) is 31.5 Å². The first-order valence-electron chi connectivity index (χ1n) is 6.81. The minimum absolute atomic E-state index is 0.125. The Kier molecular flexibility index (Phi) is 4.66. The van der Waals surface area contributed by atoms with Crippen LogP contribution in [0, 0.1) is 0 Å². The highest BCUT2D eigenvalue weighted by Crippen LogP contribution is 2.27. The molecule has 3 nitrogen and oxygen atoms in total. The summed E-state index contributed by atoms with van der Waals surface area (Å²) < 4.78 is 0.734. The fraction of sp³-hybridized carbons (Fsp3) is 0.235. The van der Waals surface area contributed by atoms with Crippen molar-refractivity contribution >= 4 is 23.2 Å². The van der Waals surface area contributed by atoms with Crippen LogP contribution in [0.25, 0.3) is 0 Å². The van der Waals surface area contributed by atoms with Crippen molar-refractivity contribution in [2.75, 3.05) is 26.5 Å². The van der Waals surface area contributed by atoms with Crippen molar-refractivity contribution in [3.8, 4) is 0 Å². The molecule has 0 spiro atoms. The second kappa shape index (κ2) is 6.29. The van der Waals surface area contributed by atoms with E-state index in [1.54, 1.807) is 12.1 Å². The predicted molar refractivity (Wildman–Crippen MR) is 87.6 cm³/mol. The van der Waals surface area contributed by atoms with Crippen molar-refractivity contribution in [2.24, 2.45) is 0 Å². The molecule has 0 aliphatic heterocycles. The molecule has 0 aliphatic carbocycles. The molecule has 0 radical (unpaired) electrons. The smallest absolute Gasteiger partial charge is 0.255 e. The van der Waals surface area contributed by atoms with E-state index in [0.29, 0.717) is 10.6 Å². The molecule has 0 saturated carbocycles. The first-order chi connectivity index (χ1) is 9.87. The summed E-state index contributed by atoms with van der Waals surface area (Å²) in [5.74, 6) is -0.125. The van der Waals surface area contributed by atoms with Crippen LogP contribution >= 0.6 is 11.6 Å². The van der Waals surface area contributed by atoms with Crippen molar-refractivity contribution in [2.45, 2.75) is 6.54 Å². The summed E-state index contributed by atoms with van der Waals surface area (Å²) in [5.41, 5.74) is 2.36. The second-order valence-electron chi connectivity index (χ2n) is 6.03. The molecule has 0 bridgehead atoms. The van der Waals surface area contributed by atoms with Crippen LogP contribution in [0.15, 0.2) is 48.5 Å². The van der Waals surface area contributed by atoms with E-state index in [2.05, 4.69) is 26.5 Å². The van der Waals surface area contributed by atoms with Gasteiger partial charge < -0.3 is 9.80 Å². The third kappa shape index (κ3) is 4.31. The van der Waals surface area contributed by atoms with Crippen molar-refractivity contribution in [1.82, 2.24) is 0 Å². The average molecular weight is 304 g/mol. The van der Waals surface area contributed by atoms with Crippen LogP contribution in [0.5, 0.6) is 0 Å². The molecule has 110 valence electrons. The Labute approximate surface area is 130 Å². The Morgan fingerprint density at radius 1 is 1.05 bits per heavy atom.